The van der Waals surface area contributed by atoms with E-state index in [9.17, 15) is 24.8 Å². The molecule has 0 spiro atoms. The highest BCUT2D eigenvalue weighted by molar-refractivity contribution is 6.24. The molecule has 208 valence electrons. The van der Waals surface area contributed by atoms with Gasteiger partial charge in [0.1, 0.15) is 11.7 Å². The topological polar surface area (TPSA) is 113 Å². The minimum Gasteiger partial charge on any atom is -0.507 e. The summed E-state index contributed by atoms with van der Waals surface area (Å²) in [6.45, 7) is 12.1. The number of benzene rings is 3. The van der Waals surface area contributed by atoms with E-state index in [-0.39, 0.29) is 17.1 Å². The van der Waals surface area contributed by atoms with Crippen molar-refractivity contribution in [3.8, 4) is 5.75 Å². The van der Waals surface area contributed by atoms with E-state index in [0.717, 1.165) is 21.6 Å². The van der Waals surface area contributed by atoms with Gasteiger partial charge >= 0.3 is 0 Å². The van der Waals surface area contributed by atoms with Crippen molar-refractivity contribution < 1.29 is 24.5 Å². The summed E-state index contributed by atoms with van der Waals surface area (Å²) in [5.74, 6) is -1.65. The number of amides is 2. The van der Waals surface area contributed by atoms with Gasteiger partial charge in [0.05, 0.1) is 22.3 Å². The number of aromatic hydroxyl groups is 1. The summed E-state index contributed by atoms with van der Waals surface area (Å²) in [4.78, 5) is 45.6. The molecule has 2 aliphatic rings. The van der Waals surface area contributed by atoms with Crippen LogP contribution in [-0.4, -0.2) is 27.9 Å². The van der Waals surface area contributed by atoms with E-state index >= 15 is 0 Å². The number of phenolic OH excluding ortho intramolecular Hbond substituents is 1. The van der Waals surface area contributed by atoms with Gasteiger partial charge in [-0.3, -0.25) is 24.5 Å². The number of para-hydroxylation sites is 1. The van der Waals surface area contributed by atoms with Gasteiger partial charge in [-0.05, 0) is 63.9 Å². The first-order valence-corrected chi connectivity index (χ1v) is 13.2. The number of fused-ring (bicyclic) bond motifs is 1. The third-order valence-electron chi connectivity index (χ3n) is 7.53. The maximum atomic E-state index is 14.0. The predicted molar refractivity (Wildman–Crippen MR) is 151 cm³/mol. The van der Waals surface area contributed by atoms with Gasteiger partial charge in [-0.1, -0.05) is 59.7 Å². The molecule has 3 aromatic carbocycles. The van der Waals surface area contributed by atoms with Crippen LogP contribution < -0.4 is 9.96 Å². The molecular weight excluding hydrogens is 510 g/mol. The van der Waals surface area contributed by atoms with Crippen molar-refractivity contribution in [2.75, 3.05) is 9.96 Å². The highest BCUT2D eigenvalue weighted by Gasteiger charge is 2.60. The van der Waals surface area contributed by atoms with Crippen molar-refractivity contribution in [2.24, 2.45) is 5.92 Å². The van der Waals surface area contributed by atoms with Gasteiger partial charge in [0.2, 0.25) is 5.91 Å². The molecular formula is C31H33N3O6. The molecule has 5 rings (SSSR count). The van der Waals surface area contributed by atoms with Gasteiger partial charge < -0.3 is 5.11 Å². The second kappa shape index (κ2) is 9.45. The molecule has 3 unspecified atom stereocenters. The second-order valence-corrected chi connectivity index (χ2v) is 12.4. The zero-order chi connectivity index (χ0) is 29.1. The number of non-ortho nitro benzene ring substituents is 1. The molecule has 2 aliphatic heterocycles. The van der Waals surface area contributed by atoms with Crippen LogP contribution in [-0.2, 0) is 25.3 Å². The van der Waals surface area contributed by atoms with Crippen LogP contribution in [0.5, 0.6) is 5.75 Å². The van der Waals surface area contributed by atoms with Crippen LogP contribution in [0.15, 0.2) is 66.7 Å². The first kappa shape index (κ1) is 27.3. The number of rotatable bonds is 4. The number of phenols is 1. The molecule has 0 radical (unpaired) electrons. The van der Waals surface area contributed by atoms with Crippen molar-refractivity contribution in [3.63, 3.8) is 0 Å². The molecule has 2 heterocycles. The van der Waals surface area contributed by atoms with Gasteiger partial charge in [-0.2, -0.15) is 0 Å². The third kappa shape index (κ3) is 4.50. The summed E-state index contributed by atoms with van der Waals surface area (Å²) in [5.41, 5.74) is 2.20. The number of hydrogen-bond donors (Lipinski definition) is 1. The zero-order valence-electron chi connectivity index (χ0n) is 23.4. The highest BCUT2D eigenvalue weighted by atomic mass is 16.7. The lowest BCUT2D eigenvalue weighted by molar-refractivity contribution is -0.384. The van der Waals surface area contributed by atoms with Crippen LogP contribution in [0, 0.1) is 16.0 Å². The van der Waals surface area contributed by atoms with E-state index in [1.165, 1.54) is 24.3 Å². The number of hydroxylamine groups is 1. The number of nitro groups is 1. The van der Waals surface area contributed by atoms with Gasteiger partial charge in [0.25, 0.3) is 11.6 Å². The molecule has 2 amide bonds. The molecule has 1 N–H and O–H groups in total. The van der Waals surface area contributed by atoms with Gasteiger partial charge in [0.15, 0.2) is 6.10 Å². The van der Waals surface area contributed by atoms with Crippen molar-refractivity contribution in [1.82, 2.24) is 0 Å². The van der Waals surface area contributed by atoms with Crippen molar-refractivity contribution in [2.45, 2.75) is 64.5 Å². The minimum atomic E-state index is -1.09. The quantitative estimate of drug-likeness (QED) is 0.246. The third-order valence-corrected chi connectivity index (χ3v) is 7.53. The van der Waals surface area contributed by atoms with Crippen molar-refractivity contribution >= 4 is 28.9 Å². The Kier molecular flexibility index (Phi) is 6.45. The fourth-order valence-corrected chi connectivity index (χ4v) is 5.50. The first-order valence-electron chi connectivity index (χ1n) is 13.2. The number of carbonyl (C=O) groups is 2. The summed E-state index contributed by atoms with van der Waals surface area (Å²) in [6.07, 6.45) is -1.09. The van der Waals surface area contributed by atoms with Crippen molar-refractivity contribution in [1.29, 1.82) is 0 Å². The Bertz CT molecular complexity index is 1450. The van der Waals surface area contributed by atoms with Gasteiger partial charge in [-0.25, -0.2) is 9.96 Å². The number of hydrogen-bond acceptors (Lipinski definition) is 7. The number of nitrogens with zero attached hydrogens (tertiary/aromatic N) is 3. The molecule has 0 saturated carbocycles. The maximum absolute atomic E-state index is 14.0. The van der Waals surface area contributed by atoms with Gasteiger partial charge in [0, 0.05) is 12.1 Å². The maximum Gasteiger partial charge on any atom is 0.269 e. The Morgan fingerprint density at radius 2 is 1.38 bits per heavy atom. The lowest BCUT2D eigenvalue weighted by Gasteiger charge is -2.32. The van der Waals surface area contributed by atoms with E-state index in [2.05, 4.69) is 0 Å². The SMILES string of the molecule is CC(C)(C)c1cc(C2C3C(=O)N(c4ccc([N+](=O)[O-])cc4)C(=O)C3ON2c2ccccc2)cc(C(C)(C)C)c1O. The zero-order valence-corrected chi connectivity index (χ0v) is 23.4. The molecule has 9 nitrogen and oxygen atoms in total. The molecule has 40 heavy (non-hydrogen) atoms. The summed E-state index contributed by atoms with van der Waals surface area (Å²) in [5, 5.41) is 24.1. The normalized spacial score (nSPS) is 21.2. The Morgan fingerprint density at radius 3 is 1.88 bits per heavy atom. The molecule has 0 aromatic heterocycles. The highest BCUT2D eigenvalue weighted by Crippen LogP contribution is 2.50. The molecule has 2 fully saturated rings. The van der Waals surface area contributed by atoms with Gasteiger partial charge in [-0.15, -0.1) is 0 Å². The number of anilines is 2. The molecule has 0 bridgehead atoms. The summed E-state index contributed by atoms with van der Waals surface area (Å²) < 4.78 is 0. The molecule has 3 atom stereocenters. The van der Waals surface area contributed by atoms with E-state index in [4.69, 9.17) is 4.84 Å². The van der Waals surface area contributed by atoms with Crippen LogP contribution in [0.1, 0.15) is 64.3 Å². The minimum absolute atomic E-state index is 0.138. The molecule has 3 aromatic rings. The smallest absolute Gasteiger partial charge is 0.269 e. The van der Waals surface area contributed by atoms with E-state index < -0.39 is 45.6 Å². The van der Waals surface area contributed by atoms with E-state index in [0.29, 0.717) is 5.69 Å². The van der Waals surface area contributed by atoms with Crippen LogP contribution in [0.25, 0.3) is 0 Å². The fourth-order valence-electron chi connectivity index (χ4n) is 5.50. The second-order valence-electron chi connectivity index (χ2n) is 12.4. The lowest BCUT2D eigenvalue weighted by atomic mass is 9.76. The van der Waals surface area contributed by atoms with E-state index in [1.807, 2.05) is 84.0 Å². The van der Waals surface area contributed by atoms with Crippen LogP contribution >= 0.6 is 0 Å². The first-order chi connectivity index (χ1) is 18.7. The summed E-state index contributed by atoms with van der Waals surface area (Å²) in [6, 6.07) is 17.8. The molecule has 2 saturated heterocycles. The van der Waals surface area contributed by atoms with Crippen molar-refractivity contribution in [3.05, 3.63) is 93.5 Å². The largest absolute Gasteiger partial charge is 0.507 e. The lowest BCUT2D eigenvalue weighted by Crippen LogP contribution is -2.37. The Morgan fingerprint density at radius 1 is 0.825 bits per heavy atom. The predicted octanol–water partition coefficient (Wildman–Crippen LogP) is 5.95. The number of carbonyl (C=O) groups excluding carboxylic acids is 2. The number of imide groups is 1. The average molecular weight is 544 g/mol. The Labute approximate surface area is 233 Å². The molecule has 9 heteroatoms. The summed E-state index contributed by atoms with van der Waals surface area (Å²) >= 11 is 0. The summed E-state index contributed by atoms with van der Waals surface area (Å²) in [7, 11) is 0. The monoisotopic (exact) mass is 543 g/mol. The van der Waals surface area contributed by atoms with E-state index in [1.54, 1.807) is 5.06 Å². The van der Waals surface area contributed by atoms with Crippen LogP contribution in [0.2, 0.25) is 0 Å². The number of nitro benzene ring substituents is 1. The average Bonchev–Trinajstić information content (AvgIpc) is 3.39. The standard InChI is InChI=1S/C31H33N3O6/c1-30(2,3)22-16-18(17-23(26(22)35)31(4,5)6)25-24-27(40-33(25)20-10-8-7-9-11-20)29(37)32(28(24)36)19-12-14-21(15-13-19)34(38)39/h7-17,24-25,27,35H,1-6H3. The van der Waals surface area contributed by atoms with Crippen LogP contribution in [0.3, 0.4) is 0 Å². The van der Waals surface area contributed by atoms with Crippen LogP contribution in [0.4, 0.5) is 17.1 Å². The Hall–Kier alpha value is -4.24. The fraction of sp³-hybridized carbons (Fsp3) is 0.355. The Balaban J connectivity index is 1.67. The molecule has 0 aliphatic carbocycles.